The van der Waals surface area contributed by atoms with E-state index in [4.69, 9.17) is 16.7 Å². The Bertz CT molecular complexity index is 347. The van der Waals surface area contributed by atoms with Gasteiger partial charge in [-0.3, -0.25) is 9.59 Å². The lowest BCUT2D eigenvalue weighted by Crippen LogP contribution is -2.37. The third kappa shape index (κ3) is 2.64. The van der Waals surface area contributed by atoms with Crippen molar-refractivity contribution in [3.05, 3.63) is 23.6 Å². The number of ketones is 2. The molecule has 82 valence electrons. The van der Waals surface area contributed by atoms with E-state index >= 15 is 0 Å². The van der Waals surface area contributed by atoms with Crippen LogP contribution < -0.4 is 11.6 Å². The largest absolute Gasteiger partial charge is 0.504 e. The van der Waals surface area contributed by atoms with Gasteiger partial charge in [-0.2, -0.15) is 0 Å². The second-order valence-electron chi connectivity index (χ2n) is 3.13. The van der Waals surface area contributed by atoms with Crippen molar-refractivity contribution in [2.75, 3.05) is 13.1 Å². The molecule has 0 aromatic heterocycles. The van der Waals surface area contributed by atoms with Gasteiger partial charge in [-0.25, -0.2) is 5.84 Å². The Kier molecular flexibility index (Phi) is 3.59. The molecule has 0 aromatic carbocycles. The summed E-state index contributed by atoms with van der Waals surface area (Å²) in [7, 11) is 0. The fraction of sp³-hybridized carbons (Fsp3) is 0.333. The summed E-state index contributed by atoms with van der Waals surface area (Å²) in [6.07, 6.45) is 2.56. The average Bonchev–Trinajstić information content (AvgIpc) is 2.19. The van der Waals surface area contributed by atoms with E-state index in [1.54, 1.807) is 0 Å². The molecule has 0 saturated carbocycles. The normalized spacial score (nSPS) is 16.1. The molecule has 5 N–H and O–H groups in total. The quantitative estimate of drug-likeness (QED) is 0.312. The molecule has 0 amide bonds. The summed E-state index contributed by atoms with van der Waals surface area (Å²) >= 11 is 0. The first-order valence-corrected chi connectivity index (χ1v) is 4.49. The van der Waals surface area contributed by atoms with Gasteiger partial charge in [0.1, 0.15) is 5.70 Å². The minimum Gasteiger partial charge on any atom is -0.504 e. The molecule has 0 aromatic rings. The minimum atomic E-state index is -0.644. The molecule has 6 nitrogen and oxygen atoms in total. The Balaban J connectivity index is 2.77. The Morgan fingerprint density at radius 1 is 1.33 bits per heavy atom. The van der Waals surface area contributed by atoms with Crippen molar-refractivity contribution in [3.63, 3.8) is 0 Å². The van der Waals surface area contributed by atoms with Gasteiger partial charge in [0.2, 0.25) is 5.78 Å². The predicted molar refractivity (Wildman–Crippen MR) is 53.4 cm³/mol. The molecule has 0 bridgehead atoms. The zero-order valence-electron chi connectivity index (χ0n) is 8.14. The van der Waals surface area contributed by atoms with Gasteiger partial charge >= 0.3 is 0 Å². The molecule has 0 spiro atoms. The van der Waals surface area contributed by atoms with Crippen molar-refractivity contribution in [1.82, 2.24) is 5.01 Å². The maximum atomic E-state index is 11.4. The number of hydrogen-bond acceptors (Lipinski definition) is 6. The molecule has 0 atom stereocenters. The minimum absolute atomic E-state index is 0.00606. The fourth-order valence-corrected chi connectivity index (χ4v) is 1.17. The number of carbonyl (C=O) groups excluding carboxylic acids is 2. The maximum absolute atomic E-state index is 11.4. The van der Waals surface area contributed by atoms with E-state index in [9.17, 15) is 9.59 Å². The van der Waals surface area contributed by atoms with Crippen LogP contribution in [0, 0.1) is 0 Å². The molecule has 0 heterocycles. The Morgan fingerprint density at radius 3 is 2.60 bits per heavy atom. The van der Waals surface area contributed by atoms with E-state index < -0.39 is 17.3 Å². The van der Waals surface area contributed by atoms with E-state index in [0.717, 1.165) is 17.2 Å². The molecule has 1 aliphatic carbocycles. The van der Waals surface area contributed by atoms with Gasteiger partial charge in [0.05, 0.1) is 0 Å². The summed E-state index contributed by atoms with van der Waals surface area (Å²) in [4.78, 5) is 22.4. The number of aliphatic hydroxyl groups is 1. The topological polar surface area (TPSA) is 110 Å². The van der Waals surface area contributed by atoms with Crippen molar-refractivity contribution in [2.45, 2.75) is 6.42 Å². The van der Waals surface area contributed by atoms with Crippen LogP contribution in [-0.2, 0) is 9.59 Å². The summed E-state index contributed by atoms with van der Waals surface area (Å²) < 4.78 is 0. The van der Waals surface area contributed by atoms with Crippen LogP contribution in [0.1, 0.15) is 6.42 Å². The molecular weight excluding hydrogens is 198 g/mol. The summed E-state index contributed by atoms with van der Waals surface area (Å²) in [6.45, 7) is 0.791. The van der Waals surface area contributed by atoms with Crippen LogP contribution in [0.25, 0.3) is 0 Å². The van der Waals surface area contributed by atoms with E-state index in [-0.39, 0.29) is 5.70 Å². The molecule has 6 heteroatoms. The highest BCUT2D eigenvalue weighted by molar-refractivity contribution is 6.18. The fourth-order valence-electron chi connectivity index (χ4n) is 1.17. The predicted octanol–water partition coefficient (Wildman–Crippen LogP) is -1.01. The number of hydrogen-bond donors (Lipinski definition) is 3. The Morgan fingerprint density at radius 2 is 2.00 bits per heavy atom. The van der Waals surface area contributed by atoms with Crippen LogP contribution >= 0.6 is 0 Å². The lowest BCUT2D eigenvalue weighted by Gasteiger charge is -2.21. The number of nitrogens with zero attached hydrogens (tertiary/aromatic N) is 1. The number of hydrazine groups is 1. The van der Waals surface area contributed by atoms with Gasteiger partial charge in [-0.15, -0.1) is 0 Å². The highest BCUT2D eigenvalue weighted by Gasteiger charge is 2.24. The lowest BCUT2D eigenvalue weighted by molar-refractivity contribution is -0.118. The standard InChI is InChI=1S/C9H13N3O3/c10-2-1-3-12(11)7-4-6(13)5-8(14)9(7)15/h4-5,14H,1-3,10-11H2. The summed E-state index contributed by atoms with van der Waals surface area (Å²) in [5, 5.41) is 10.3. The molecular formula is C9H13N3O3. The summed E-state index contributed by atoms with van der Waals surface area (Å²) in [5.74, 6) is 3.87. The third-order valence-electron chi connectivity index (χ3n) is 1.94. The second-order valence-corrected chi connectivity index (χ2v) is 3.13. The van der Waals surface area contributed by atoms with E-state index in [1.807, 2.05) is 0 Å². The van der Waals surface area contributed by atoms with Gasteiger partial charge in [0, 0.05) is 18.7 Å². The highest BCUT2D eigenvalue weighted by Crippen LogP contribution is 2.12. The van der Waals surface area contributed by atoms with Crippen molar-refractivity contribution in [1.29, 1.82) is 0 Å². The van der Waals surface area contributed by atoms with Crippen LogP contribution in [-0.4, -0.2) is 34.8 Å². The van der Waals surface area contributed by atoms with Crippen molar-refractivity contribution < 1.29 is 14.7 Å². The van der Waals surface area contributed by atoms with Gasteiger partial charge in [0.25, 0.3) is 0 Å². The molecule has 0 saturated heterocycles. The van der Waals surface area contributed by atoms with Gasteiger partial charge in [-0.1, -0.05) is 0 Å². The summed E-state index contributed by atoms with van der Waals surface area (Å²) in [5.41, 5.74) is 5.28. The zero-order chi connectivity index (χ0) is 11.4. The van der Waals surface area contributed by atoms with Gasteiger partial charge in [0.15, 0.2) is 11.5 Å². The Labute approximate surface area is 86.8 Å². The first-order chi connectivity index (χ1) is 7.06. The molecule has 1 rings (SSSR count). The number of carbonyl (C=O) groups is 2. The van der Waals surface area contributed by atoms with E-state index in [1.165, 1.54) is 0 Å². The van der Waals surface area contributed by atoms with Crippen LogP contribution in [0.15, 0.2) is 23.6 Å². The van der Waals surface area contributed by atoms with Crippen molar-refractivity contribution in [3.8, 4) is 0 Å². The maximum Gasteiger partial charge on any atom is 0.244 e. The first kappa shape index (κ1) is 11.4. The zero-order valence-corrected chi connectivity index (χ0v) is 8.14. The van der Waals surface area contributed by atoms with Gasteiger partial charge in [-0.05, 0) is 13.0 Å². The van der Waals surface area contributed by atoms with Crippen LogP contribution in [0.5, 0.6) is 0 Å². The molecule has 0 unspecified atom stereocenters. The second kappa shape index (κ2) is 4.72. The lowest BCUT2D eigenvalue weighted by atomic mass is 10.1. The van der Waals surface area contributed by atoms with Crippen LogP contribution in [0.3, 0.4) is 0 Å². The third-order valence-corrected chi connectivity index (χ3v) is 1.94. The van der Waals surface area contributed by atoms with Gasteiger partial charge < -0.3 is 15.8 Å². The van der Waals surface area contributed by atoms with Crippen molar-refractivity contribution >= 4 is 11.6 Å². The van der Waals surface area contributed by atoms with Crippen LogP contribution in [0.4, 0.5) is 0 Å². The number of nitrogens with two attached hydrogens (primary N) is 2. The van der Waals surface area contributed by atoms with Crippen LogP contribution in [0.2, 0.25) is 0 Å². The molecule has 0 aliphatic heterocycles. The van der Waals surface area contributed by atoms with Crippen molar-refractivity contribution in [2.24, 2.45) is 11.6 Å². The van der Waals surface area contributed by atoms with E-state index in [2.05, 4.69) is 0 Å². The number of rotatable bonds is 4. The molecule has 15 heavy (non-hydrogen) atoms. The summed E-state index contributed by atoms with van der Waals surface area (Å²) in [6, 6.07) is 0. The SMILES string of the molecule is NCCCN(N)C1=CC(=O)C=C(O)C1=O. The first-order valence-electron chi connectivity index (χ1n) is 4.49. The number of Topliss-reactive ketones (excluding diaryl/α,β-unsaturated/α-hetero) is 1. The monoisotopic (exact) mass is 211 g/mol. The number of allylic oxidation sites excluding steroid dienone is 2. The molecule has 0 radical (unpaired) electrons. The molecule has 1 aliphatic rings. The Hall–Kier alpha value is -1.66. The number of aliphatic hydroxyl groups excluding tert-OH is 1. The smallest absolute Gasteiger partial charge is 0.244 e. The average molecular weight is 211 g/mol. The van der Waals surface area contributed by atoms with E-state index in [0.29, 0.717) is 19.5 Å². The highest BCUT2D eigenvalue weighted by atomic mass is 16.3. The molecule has 0 fully saturated rings.